The van der Waals surface area contributed by atoms with Crippen molar-refractivity contribution in [1.82, 2.24) is 9.58 Å². The van der Waals surface area contributed by atoms with Gasteiger partial charge < -0.3 is 4.57 Å². The lowest BCUT2D eigenvalue weighted by Crippen LogP contribution is -2.35. The van der Waals surface area contributed by atoms with E-state index >= 15 is 0 Å². The first kappa shape index (κ1) is 22.7. The van der Waals surface area contributed by atoms with Gasteiger partial charge in [0.05, 0.1) is 16.2 Å². The minimum atomic E-state index is -0.470. The quantitative estimate of drug-likeness (QED) is 0.362. The summed E-state index contributed by atoms with van der Waals surface area (Å²) in [4.78, 5) is 27.8. The van der Waals surface area contributed by atoms with Crippen molar-refractivity contribution >= 4 is 45.5 Å². The van der Waals surface area contributed by atoms with Crippen LogP contribution in [-0.2, 0) is 4.79 Å². The first-order chi connectivity index (χ1) is 15.7. The molecular formula is C23H24N6O3S. The monoisotopic (exact) mass is 464 g/mol. The first-order valence-electron chi connectivity index (χ1n) is 10.6. The number of amidine groups is 2. The van der Waals surface area contributed by atoms with Crippen LogP contribution in [0.15, 0.2) is 39.9 Å². The van der Waals surface area contributed by atoms with Crippen molar-refractivity contribution in [2.45, 2.75) is 47.0 Å². The van der Waals surface area contributed by atoms with Gasteiger partial charge in [-0.3, -0.25) is 20.3 Å². The highest BCUT2D eigenvalue weighted by Gasteiger charge is 2.35. The Morgan fingerprint density at radius 1 is 1.24 bits per heavy atom. The van der Waals surface area contributed by atoms with Crippen LogP contribution in [0.4, 0.5) is 5.69 Å². The standard InChI is InChI=1S/C23H24N6O3S/c1-5-6-7-20-26-28-21(24)18(22(30)25-23(28)33-20)11-16-10-14(3)27(15(16)4)19-12-17(29(31)32)9-8-13(19)2/h8-12,24H,5-7H2,1-4H3/b18-11+,24-21?. The number of nitrogens with zero attached hydrogens (tertiary/aromatic N) is 5. The Hall–Kier alpha value is -3.53. The molecule has 170 valence electrons. The van der Waals surface area contributed by atoms with Crippen molar-refractivity contribution in [2.75, 3.05) is 0 Å². The van der Waals surface area contributed by atoms with Crippen LogP contribution in [0.5, 0.6) is 0 Å². The van der Waals surface area contributed by atoms with Gasteiger partial charge in [0.1, 0.15) is 5.04 Å². The highest BCUT2D eigenvalue weighted by Crippen LogP contribution is 2.32. The SMILES string of the molecule is CCCCC1=NN2C(=N)/C(=C\c3cc(C)n(-c4cc([N+](=O)[O-])ccc4C)c3C)C(=O)N=C2S1. The second-order valence-corrected chi connectivity index (χ2v) is 9.05. The number of non-ortho nitro benzene ring substituents is 1. The van der Waals surface area contributed by atoms with Crippen LogP contribution < -0.4 is 0 Å². The van der Waals surface area contributed by atoms with Crippen LogP contribution in [0.3, 0.4) is 0 Å². The lowest BCUT2D eigenvalue weighted by Gasteiger charge is -2.20. The Bertz CT molecular complexity index is 1290. The number of rotatable bonds is 6. The third-order valence-electron chi connectivity index (χ3n) is 5.66. The molecule has 9 nitrogen and oxygen atoms in total. The summed E-state index contributed by atoms with van der Waals surface area (Å²) in [7, 11) is 0. The zero-order valence-electron chi connectivity index (χ0n) is 18.9. The number of aromatic nitrogens is 1. The number of hydrogen-bond acceptors (Lipinski definition) is 6. The van der Waals surface area contributed by atoms with Gasteiger partial charge in [0, 0.05) is 23.5 Å². The van der Waals surface area contributed by atoms with E-state index in [2.05, 4.69) is 17.0 Å². The highest BCUT2D eigenvalue weighted by atomic mass is 32.2. The van der Waals surface area contributed by atoms with Gasteiger partial charge in [-0.2, -0.15) is 15.1 Å². The van der Waals surface area contributed by atoms with Crippen LogP contribution in [0, 0.1) is 36.3 Å². The third kappa shape index (κ3) is 4.13. The molecule has 33 heavy (non-hydrogen) atoms. The van der Waals surface area contributed by atoms with Crippen LogP contribution >= 0.6 is 11.8 Å². The molecule has 3 heterocycles. The van der Waals surface area contributed by atoms with Gasteiger partial charge in [0.2, 0.25) is 5.17 Å². The molecule has 0 saturated heterocycles. The summed E-state index contributed by atoms with van der Waals surface area (Å²) in [6.45, 7) is 7.78. The normalized spacial score (nSPS) is 16.8. The van der Waals surface area contributed by atoms with Gasteiger partial charge in [0.25, 0.3) is 11.6 Å². The van der Waals surface area contributed by atoms with E-state index in [4.69, 9.17) is 5.41 Å². The molecule has 2 aliphatic rings. The number of amides is 1. The van der Waals surface area contributed by atoms with Crippen molar-refractivity contribution in [2.24, 2.45) is 10.1 Å². The van der Waals surface area contributed by atoms with Gasteiger partial charge in [-0.15, -0.1) is 0 Å². The fourth-order valence-electron chi connectivity index (χ4n) is 3.87. The number of hydrazone groups is 1. The molecule has 0 atom stereocenters. The van der Waals surface area contributed by atoms with Crippen molar-refractivity contribution in [1.29, 1.82) is 5.41 Å². The third-order valence-corrected chi connectivity index (χ3v) is 6.62. The number of nitrogens with one attached hydrogen (secondary N) is 1. The Labute approximate surface area is 195 Å². The molecule has 2 aromatic rings. The van der Waals surface area contributed by atoms with Crippen LogP contribution in [0.2, 0.25) is 0 Å². The fraction of sp³-hybridized carbons (Fsp3) is 0.304. The van der Waals surface area contributed by atoms with Crippen LogP contribution in [-0.4, -0.2) is 36.5 Å². The largest absolute Gasteiger partial charge is 0.317 e. The van der Waals surface area contributed by atoms with Crippen molar-refractivity contribution in [3.05, 3.63) is 62.5 Å². The summed E-state index contributed by atoms with van der Waals surface area (Å²) in [5.41, 5.74) is 4.18. The summed E-state index contributed by atoms with van der Waals surface area (Å²) in [6, 6.07) is 6.65. The number of thioether (sulfide) groups is 1. The molecule has 0 fully saturated rings. The molecule has 1 aromatic carbocycles. The number of carbonyl (C=O) groups is 1. The second kappa shape index (κ2) is 8.78. The average Bonchev–Trinajstić information content (AvgIpc) is 3.30. The average molecular weight is 465 g/mol. The Balaban J connectivity index is 1.73. The zero-order valence-corrected chi connectivity index (χ0v) is 19.7. The summed E-state index contributed by atoms with van der Waals surface area (Å²) < 4.78 is 1.92. The summed E-state index contributed by atoms with van der Waals surface area (Å²) >= 11 is 1.34. The lowest BCUT2D eigenvalue weighted by molar-refractivity contribution is -0.384. The number of fused-ring (bicyclic) bond motifs is 1. The van der Waals surface area contributed by atoms with Gasteiger partial charge in [-0.1, -0.05) is 19.4 Å². The number of unbranched alkanes of at least 4 members (excludes halogenated alkanes) is 1. The van der Waals surface area contributed by atoms with Crippen LogP contribution in [0.1, 0.15) is 48.7 Å². The minimum absolute atomic E-state index is 0.000307. The summed E-state index contributed by atoms with van der Waals surface area (Å²) in [5.74, 6) is -0.470. The molecule has 1 amide bonds. The van der Waals surface area contributed by atoms with E-state index in [-0.39, 0.29) is 17.1 Å². The maximum atomic E-state index is 12.7. The van der Waals surface area contributed by atoms with E-state index in [0.717, 1.165) is 46.8 Å². The molecule has 0 unspecified atom stereocenters. The predicted molar refractivity (Wildman–Crippen MR) is 131 cm³/mol. The smallest absolute Gasteiger partial charge is 0.283 e. The maximum absolute atomic E-state index is 12.7. The number of nitro groups is 1. The molecule has 0 aliphatic carbocycles. The van der Waals surface area contributed by atoms with Gasteiger partial charge in [0.15, 0.2) is 5.84 Å². The number of nitro benzene ring substituents is 1. The van der Waals surface area contributed by atoms with E-state index < -0.39 is 10.8 Å². The number of aliphatic imine (C=N–C) groups is 1. The van der Waals surface area contributed by atoms with Gasteiger partial charge in [-0.05, 0) is 68.6 Å². The number of aryl methyl sites for hydroxylation is 2. The van der Waals surface area contributed by atoms with Gasteiger partial charge >= 0.3 is 0 Å². The van der Waals surface area contributed by atoms with E-state index in [0.29, 0.717) is 10.9 Å². The predicted octanol–water partition coefficient (Wildman–Crippen LogP) is 5.12. The summed E-state index contributed by atoms with van der Waals surface area (Å²) in [6.07, 6.45) is 4.47. The lowest BCUT2D eigenvalue weighted by atomic mass is 10.1. The maximum Gasteiger partial charge on any atom is 0.283 e. The molecule has 0 saturated carbocycles. The second-order valence-electron chi connectivity index (χ2n) is 8.01. The molecule has 1 N–H and O–H groups in total. The topological polar surface area (TPSA) is 117 Å². The zero-order chi connectivity index (χ0) is 23.9. The van der Waals surface area contributed by atoms with E-state index in [9.17, 15) is 14.9 Å². The molecule has 0 radical (unpaired) electrons. The fourth-order valence-corrected chi connectivity index (χ4v) is 4.80. The highest BCUT2D eigenvalue weighted by molar-refractivity contribution is 8.26. The molecule has 10 heteroatoms. The molecular weight excluding hydrogens is 440 g/mol. The Kier molecular flexibility index (Phi) is 6.03. The van der Waals surface area contributed by atoms with Crippen molar-refractivity contribution in [3.8, 4) is 5.69 Å². The molecule has 4 rings (SSSR count). The number of hydrogen-bond donors (Lipinski definition) is 1. The van der Waals surface area contributed by atoms with E-state index in [1.807, 2.05) is 31.4 Å². The molecule has 2 aliphatic heterocycles. The van der Waals surface area contributed by atoms with Crippen molar-refractivity contribution in [3.63, 3.8) is 0 Å². The Morgan fingerprint density at radius 2 is 2.00 bits per heavy atom. The Morgan fingerprint density at radius 3 is 2.70 bits per heavy atom. The molecule has 1 aromatic heterocycles. The van der Waals surface area contributed by atoms with E-state index in [1.165, 1.54) is 22.8 Å². The van der Waals surface area contributed by atoms with Crippen molar-refractivity contribution < 1.29 is 9.72 Å². The van der Waals surface area contributed by atoms with Crippen LogP contribution in [0.25, 0.3) is 11.8 Å². The van der Waals surface area contributed by atoms with Gasteiger partial charge in [-0.25, -0.2) is 0 Å². The first-order valence-corrected chi connectivity index (χ1v) is 11.5. The minimum Gasteiger partial charge on any atom is -0.317 e. The summed E-state index contributed by atoms with van der Waals surface area (Å²) in [5, 5.41) is 27.0. The number of carbonyl (C=O) groups excluding carboxylic acids is 1. The number of benzene rings is 1. The van der Waals surface area contributed by atoms with E-state index in [1.54, 1.807) is 18.2 Å². The molecule has 0 bridgehead atoms. The molecule has 0 spiro atoms.